The molecule has 50 heavy (non-hydrogen) atoms. The highest BCUT2D eigenvalue weighted by atomic mass is 16.5. The van der Waals surface area contributed by atoms with Crippen LogP contribution in [0.15, 0.2) is 9.59 Å². The molecule has 0 aliphatic heterocycles. The zero-order chi connectivity index (χ0) is 37.9. The van der Waals surface area contributed by atoms with Gasteiger partial charge in [0.15, 0.2) is 0 Å². The van der Waals surface area contributed by atoms with Gasteiger partial charge in [0.05, 0.1) is 0 Å². The number of hydrogen-bond donors (Lipinski definition) is 1. The van der Waals surface area contributed by atoms with E-state index in [2.05, 4.69) is 55.4 Å². The van der Waals surface area contributed by atoms with Gasteiger partial charge in [-0.25, -0.2) is 14.2 Å². The fraction of sp³-hybridized carbons (Fsp3) is 0.842. The summed E-state index contributed by atoms with van der Waals surface area (Å²) < 4.78 is 20.5. The quantitative estimate of drug-likeness (QED) is 0.283. The fourth-order valence-corrected chi connectivity index (χ4v) is 10.7. The molecule has 3 aliphatic carbocycles. The molecule has 1 aromatic rings. The molecule has 0 spiro atoms. The smallest absolute Gasteiger partial charge is 0.335 e. The number of aromatic nitrogens is 3. The van der Waals surface area contributed by atoms with E-state index in [0.29, 0.717) is 38.5 Å². The van der Waals surface area contributed by atoms with Crippen LogP contribution in [-0.2, 0) is 33.8 Å². The lowest BCUT2D eigenvalue weighted by Gasteiger charge is -2.47. The van der Waals surface area contributed by atoms with Crippen LogP contribution in [0.3, 0.4) is 0 Å². The normalized spacial score (nSPS) is 32.5. The SMILES string of the molecule is CC.CC1(C)CC(OC#N)CC(C)(Cn2c(=N)n(CC3(C)CC(OC#N)CC(C)(C)C3)c(=O)n(CC3(C)CC(OC#N)CC(C)(C)C3)c2=O)C1. The van der Waals surface area contributed by atoms with E-state index in [4.69, 9.17) is 14.2 Å². The topological polar surface area (TPSA) is 172 Å². The summed E-state index contributed by atoms with van der Waals surface area (Å²) >= 11 is 0. The zero-order valence-corrected chi connectivity index (χ0v) is 32.4. The summed E-state index contributed by atoms with van der Waals surface area (Å²) in [7, 11) is 0. The van der Waals surface area contributed by atoms with Crippen LogP contribution in [0.2, 0.25) is 0 Å². The Kier molecular flexibility index (Phi) is 12.1. The molecule has 1 heterocycles. The molecule has 3 aliphatic rings. The van der Waals surface area contributed by atoms with Crippen molar-refractivity contribution >= 4 is 0 Å². The molecule has 1 N–H and O–H groups in total. The molecule has 278 valence electrons. The minimum atomic E-state index is -0.536. The highest BCUT2D eigenvalue weighted by Crippen LogP contribution is 2.50. The second-order valence-electron chi connectivity index (χ2n) is 18.8. The molecule has 12 heteroatoms. The van der Waals surface area contributed by atoms with Crippen molar-refractivity contribution < 1.29 is 14.2 Å². The molecule has 0 saturated heterocycles. The van der Waals surface area contributed by atoms with Gasteiger partial charge >= 0.3 is 11.4 Å². The summed E-state index contributed by atoms with van der Waals surface area (Å²) in [6.07, 6.45) is 10.5. The van der Waals surface area contributed by atoms with E-state index in [0.717, 1.165) is 19.3 Å². The van der Waals surface area contributed by atoms with E-state index in [1.807, 2.05) is 39.5 Å². The van der Waals surface area contributed by atoms with Crippen molar-refractivity contribution in [2.24, 2.45) is 32.5 Å². The predicted octanol–water partition coefficient (Wildman–Crippen LogP) is 6.57. The van der Waals surface area contributed by atoms with Crippen LogP contribution < -0.4 is 17.0 Å². The number of nitrogens with one attached hydrogen (secondary N) is 1. The van der Waals surface area contributed by atoms with Gasteiger partial charge in [-0.15, -0.1) is 0 Å². The molecule has 0 aromatic carbocycles. The molecule has 6 atom stereocenters. The minimum absolute atomic E-state index is 0.115. The Hall–Kier alpha value is -3.72. The maximum absolute atomic E-state index is 14.5. The number of nitrogens with zero attached hydrogens (tertiary/aromatic N) is 6. The Morgan fingerprint density at radius 1 is 0.560 bits per heavy atom. The first-order valence-corrected chi connectivity index (χ1v) is 18.2. The maximum Gasteiger partial charge on any atom is 0.335 e. The van der Waals surface area contributed by atoms with Crippen molar-refractivity contribution in [3.8, 4) is 18.8 Å². The molecule has 4 rings (SSSR count). The molecular weight excluding hydrogens is 634 g/mol. The third-order valence-corrected chi connectivity index (χ3v) is 10.9. The van der Waals surface area contributed by atoms with Crippen LogP contribution in [0.1, 0.15) is 134 Å². The zero-order valence-electron chi connectivity index (χ0n) is 32.4. The van der Waals surface area contributed by atoms with E-state index >= 15 is 0 Å². The Morgan fingerprint density at radius 2 is 0.820 bits per heavy atom. The van der Waals surface area contributed by atoms with Gasteiger partial charge in [0.1, 0.15) is 18.3 Å². The number of rotatable bonds is 9. The standard InChI is InChI=1S/C36H55N7O5.C2H6/c1-31(2)10-25(46-22-37)13-34(7,16-31)19-41-28(40)42(20-35(8)14-26(47-23-38)11-32(3,4)17-35)30(45)43(29(41)44)21-36(9)15-27(48-24-39)12-33(5,6)18-36;1-2/h25-27,40H,10-21H2,1-9H3;1-2H3. The third-order valence-electron chi connectivity index (χ3n) is 10.9. The van der Waals surface area contributed by atoms with Crippen LogP contribution in [0.5, 0.6) is 0 Å². The lowest BCUT2D eigenvalue weighted by Crippen LogP contribution is -2.59. The first-order valence-electron chi connectivity index (χ1n) is 18.2. The van der Waals surface area contributed by atoms with Gasteiger partial charge in [-0.05, 0) is 90.3 Å². The molecule has 0 radical (unpaired) electrons. The van der Waals surface area contributed by atoms with E-state index < -0.39 is 27.6 Å². The number of hydrogen-bond acceptors (Lipinski definition) is 9. The monoisotopic (exact) mass is 695 g/mol. The van der Waals surface area contributed by atoms with Crippen molar-refractivity contribution in [2.75, 3.05) is 0 Å². The molecule has 12 nitrogen and oxygen atoms in total. The molecule has 3 saturated carbocycles. The Labute approximate surface area is 298 Å². The van der Waals surface area contributed by atoms with Gasteiger partial charge in [0.2, 0.25) is 5.62 Å². The highest BCUT2D eigenvalue weighted by Gasteiger charge is 2.46. The highest BCUT2D eigenvalue weighted by molar-refractivity contribution is 4.98. The van der Waals surface area contributed by atoms with Gasteiger partial charge < -0.3 is 14.2 Å². The van der Waals surface area contributed by atoms with Crippen molar-refractivity contribution in [3.63, 3.8) is 0 Å². The summed E-state index contributed by atoms with van der Waals surface area (Å²) in [5.41, 5.74) is -3.27. The van der Waals surface area contributed by atoms with E-state index in [1.165, 1.54) is 13.7 Å². The summed E-state index contributed by atoms with van der Waals surface area (Å²) in [5.74, 6) is 0. The summed E-state index contributed by atoms with van der Waals surface area (Å²) in [6, 6.07) is 0. The van der Waals surface area contributed by atoms with Crippen LogP contribution in [0, 0.1) is 72.5 Å². The van der Waals surface area contributed by atoms with Gasteiger partial charge in [0, 0.05) is 19.6 Å². The maximum atomic E-state index is 14.5. The molecule has 3 fully saturated rings. The van der Waals surface area contributed by atoms with Crippen LogP contribution >= 0.6 is 0 Å². The third kappa shape index (κ3) is 9.74. The number of nitriles is 3. The fourth-order valence-electron chi connectivity index (χ4n) is 10.7. The van der Waals surface area contributed by atoms with Crippen LogP contribution in [0.25, 0.3) is 0 Å². The predicted molar refractivity (Wildman–Crippen MR) is 189 cm³/mol. The largest absolute Gasteiger partial charge is 0.424 e. The van der Waals surface area contributed by atoms with Crippen molar-refractivity contribution in [3.05, 3.63) is 26.6 Å². The average Bonchev–Trinajstić information content (AvgIpc) is 2.94. The van der Waals surface area contributed by atoms with Crippen molar-refractivity contribution in [1.29, 1.82) is 21.2 Å². The van der Waals surface area contributed by atoms with Crippen LogP contribution in [0.4, 0.5) is 0 Å². The van der Waals surface area contributed by atoms with Gasteiger partial charge in [-0.2, -0.15) is 15.8 Å². The molecule has 6 unspecified atom stereocenters. The second kappa shape index (κ2) is 14.9. The molecular formula is C38H61N7O5. The lowest BCUT2D eigenvalue weighted by atomic mass is 9.63. The van der Waals surface area contributed by atoms with E-state index in [-0.39, 0.29) is 59.8 Å². The van der Waals surface area contributed by atoms with Crippen molar-refractivity contribution in [1.82, 2.24) is 13.7 Å². The van der Waals surface area contributed by atoms with Crippen molar-refractivity contribution in [2.45, 2.75) is 172 Å². The van der Waals surface area contributed by atoms with E-state index in [9.17, 15) is 30.8 Å². The van der Waals surface area contributed by atoms with E-state index in [1.54, 1.807) is 0 Å². The molecule has 1 aromatic heterocycles. The lowest BCUT2D eigenvalue weighted by molar-refractivity contribution is -0.0265. The minimum Gasteiger partial charge on any atom is -0.424 e. The van der Waals surface area contributed by atoms with Crippen LogP contribution in [-0.4, -0.2) is 32.0 Å². The van der Waals surface area contributed by atoms with Gasteiger partial charge in [0.25, 0.3) is 18.8 Å². The molecule has 0 amide bonds. The summed E-state index contributed by atoms with van der Waals surface area (Å²) in [4.78, 5) is 29.0. The number of ether oxygens (including phenoxy) is 3. The second-order valence-corrected chi connectivity index (χ2v) is 18.8. The first kappa shape index (κ1) is 40.7. The Balaban J connectivity index is 0.00000332. The Morgan fingerprint density at radius 3 is 1.08 bits per heavy atom. The summed E-state index contributed by atoms with van der Waals surface area (Å²) in [5, 5.41) is 37.4. The van der Waals surface area contributed by atoms with Gasteiger partial charge in [-0.1, -0.05) is 76.2 Å². The summed E-state index contributed by atoms with van der Waals surface area (Å²) in [6.45, 7) is 23.4. The first-order chi connectivity index (χ1) is 23.1. The van der Waals surface area contributed by atoms with Gasteiger partial charge in [-0.3, -0.25) is 14.5 Å². The molecule has 0 bridgehead atoms. The Bertz CT molecular complexity index is 1460. The average molecular weight is 696 g/mol.